The van der Waals surface area contributed by atoms with E-state index in [9.17, 15) is 9.59 Å². The molecule has 7 heteroatoms. The highest BCUT2D eigenvalue weighted by Gasteiger charge is 2.37. The standard InChI is InChI=1S/C19H29IO6/c1-13(6-7-17(21)23-5)10-18(22)26-16(14(2)11-15(3)20)12-19(4)24-8-9-25-19/h6-7,11,13-14,16H,8-10,12H2,1-5H3/b7-6+,15-11+/t13-,14-,16+/m1/s1. The maximum atomic E-state index is 12.4. The lowest BCUT2D eigenvalue weighted by Crippen LogP contribution is -2.36. The summed E-state index contributed by atoms with van der Waals surface area (Å²) in [7, 11) is 1.31. The van der Waals surface area contributed by atoms with Crippen LogP contribution in [-0.4, -0.2) is 44.2 Å². The highest BCUT2D eigenvalue weighted by atomic mass is 127. The highest BCUT2D eigenvalue weighted by molar-refractivity contribution is 14.1. The van der Waals surface area contributed by atoms with E-state index in [4.69, 9.17) is 14.2 Å². The quantitative estimate of drug-likeness (QED) is 0.284. The van der Waals surface area contributed by atoms with Crippen LogP contribution in [0, 0.1) is 11.8 Å². The summed E-state index contributed by atoms with van der Waals surface area (Å²) in [5, 5.41) is 0. The van der Waals surface area contributed by atoms with E-state index < -0.39 is 11.8 Å². The van der Waals surface area contributed by atoms with Crippen molar-refractivity contribution in [1.29, 1.82) is 0 Å². The lowest BCUT2D eigenvalue weighted by molar-refractivity contribution is -0.180. The number of esters is 2. The first-order valence-electron chi connectivity index (χ1n) is 8.72. The molecule has 0 aromatic heterocycles. The zero-order chi connectivity index (χ0) is 19.7. The van der Waals surface area contributed by atoms with Crippen molar-refractivity contribution in [2.45, 2.75) is 52.4 Å². The van der Waals surface area contributed by atoms with Crippen LogP contribution in [0.5, 0.6) is 0 Å². The van der Waals surface area contributed by atoms with Crippen molar-refractivity contribution in [3.05, 3.63) is 21.8 Å². The summed E-state index contributed by atoms with van der Waals surface area (Å²) >= 11 is 2.24. The van der Waals surface area contributed by atoms with Crippen LogP contribution in [0.4, 0.5) is 0 Å². The molecule has 1 aliphatic rings. The van der Waals surface area contributed by atoms with Gasteiger partial charge < -0.3 is 18.9 Å². The van der Waals surface area contributed by atoms with Crippen molar-refractivity contribution in [2.75, 3.05) is 20.3 Å². The maximum Gasteiger partial charge on any atom is 0.330 e. The van der Waals surface area contributed by atoms with E-state index >= 15 is 0 Å². The van der Waals surface area contributed by atoms with E-state index in [1.807, 2.05) is 27.7 Å². The molecule has 0 unspecified atom stereocenters. The monoisotopic (exact) mass is 480 g/mol. The minimum atomic E-state index is -0.734. The van der Waals surface area contributed by atoms with E-state index in [0.717, 1.165) is 3.58 Å². The number of carbonyl (C=O) groups excluding carboxylic acids is 2. The molecular formula is C19H29IO6. The van der Waals surface area contributed by atoms with Gasteiger partial charge in [0.15, 0.2) is 5.79 Å². The fraction of sp³-hybridized carbons (Fsp3) is 0.684. The Kier molecular flexibility index (Phi) is 9.81. The Balaban J connectivity index is 2.71. The Morgan fingerprint density at radius 3 is 2.42 bits per heavy atom. The van der Waals surface area contributed by atoms with Gasteiger partial charge in [-0.15, -0.1) is 0 Å². The SMILES string of the molecule is COC(=O)/C=C/[C@@H](C)CC(=O)O[C@@H](CC1(C)OCCO1)[C@H](C)/C=C(\C)I. The molecule has 1 heterocycles. The zero-order valence-corrected chi connectivity index (χ0v) is 18.3. The van der Waals surface area contributed by atoms with Crippen LogP contribution in [0.1, 0.15) is 40.5 Å². The zero-order valence-electron chi connectivity index (χ0n) is 16.1. The van der Waals surface area contributed by atoms with Gasteiger partial charge in [-0.05, 0) is 45.9 Å². The van der Waals surface area contributed by atoms with Crippen LogP contribution >= 0.6 is 22.6 Å². The third-order valence-electron chi connectivity index (χ3n) is 4.08. The number of allylic oxidation sites excluding steroid dienone is 2. The summed E-state index contributed by atoms with van der Waals surface area (Å²) in [5.41, 5.74) is 0. The number of carbonyl (C=O) groups is 2. The average Bonchev–Trinajstić information content (AvgIpc) is 2.97. The highest BCUT2D eigenvalue weighted by Crippen LogP contribution is 2.30. The first-order valence-corrected chi connectivity index (χ1v) is 9.80. The molecule has 3 atom stereocenters. The molecule has 1 fully saturated rings. The molecule has 26 heavy (non-hydrogen) atoms. The number of hydrogen-bond donors (Lipinski definition) is 0. The van der Waals surface area contributed by atoms with Gasteiger partial charge in [0.2, 0.25) is 0 Å². The number of rotatable bonds is 9. The molecule has 0 N–H and O–H groups in total. The van der Waals surface area contributed by atoms with Gasteiger partial charge in [0.1, 0.15) is 6.10 Å². The van der Waals surface area contributed by atoms with Gasteiger partial charge in [-0.1, -0.05) is 26.0 Å². The Labute approximate surface area is 169 Å². The van der Waals surface area contributed by atoms with E-state index in [2.05, 4.69) is 33.4 Å². The predicted octanol–water partition coefficient (Wildman–Crippen LogP) is 3.78. The maximum absolute atomic E-state index is 12.4. The van der Waals surface area contributed by atoms with Crippen LogP contribution in [0.3, 0.4) is 0 Å². The fourth-order valence-electron chi connectivity index (χ4n) is 2.70. The van der Waals surface area contributed by atoms with Crippen LogP contribution in [0.15, 0.2) is 21.8 Å². The largest absolute Gasteiger partial charge is 0.466 e. The third-order valence-corrected chi connectivity index (χ3v) is 4.44. The van der Waals surface area contributed by atoms with Gasteiger partial charge in [0, 0.05) is 18.4 Å². The van der Waals surface area contributed by atoms with Crippen molar-refractivity contribution in [1.82, 2.24) is 0 Å². The molecule has 1 aliphatic heterocycles. The summed E-state index contributed by atoms with van der Waals surface area (Å²) in [6.07, 6.45) is 5.32. The molecule has 0 bridgehead atoms. The molecule has 1 rings (SSSR count). The molecule has 0 saturated carbocycles. The fourth-order valence-corrected chi connectivity index (χ4v) is 3.27. The Hall–Kier alpha value is -0.930. The van der Waals surface area contributed by atoms with Crippen LogP contribution < -0.4 is 0 Å². The second-order valence-electron chi connectivity index (χ2n) is 6.74. The topological polar surface area (TPSA) is 71.1 Å². The first-order chi connectivity index (χ1) is 12.1. The summed E-state index contributed by atoms with van der Waals surface area (Å²) in [4.78, 5) is 23.5. The van der Waals surface area contributed by atoms with Crippen molar-refractivity contribution < 1.29 is 28.5 Å². The predicted molar refractivity (Wildman–Crippen MR) is 107 cm³/mol. The molecule has 1 saturated heterocycles. The molecule has 148 valence electrons. The second kappa shape index (κ2) is 11.0. The van der Waals surface area contributed by atoms with Crippen LogP contribution in [0.2, 0.25) is 0 Å². The van der Waals surface area contributed by atoms with Gasteiger partial charge in [-0.3, -0.25) is 4.79 Å². The number of halogens is 1. The van der Waals surface area contributed by atoms with E-state index in [0.29, 0.717) is 19.6 Å². The summed E-state index contributed by atoms with van der Waals surface area (Å²) in [6.45, 7) is 8.82. The Bertz CT molecular complexity index is 532. The minimum absolute atomic E-state index is 0.0291. The van der Waals surface area contributed by atoms with Gasteiger partial charge in [-0.2, -0.15) is 0 Å². The molecule has 0 aromatic carbocycles. The summed E-state index contributed by atoms with van der Waals surface area (Å²) in [6, 6.07) is 0. The van der Waals surface area contributed by atoms with Crippen LogP contribution in [0.25, 0.3) is 0 Å². The lowest BCUT2D eigenvalue weighted by atomic mass is 9.97. The molecular weight excluding hydrogens is 451 g/mol. The smallest absolute Gasteiger partial charge is 0.330 e. The molecule has 0 aliphatic carbocycles. The van der Waals surface area contributed by atoms with Crippen molar-refractivity contribution in [3.8, 4) is 0 Å². The molecule has 0 amide bonds. The van der Waals surface area contributed by atoms with Gasteiger partial charge >= 0.3 is 11.9 Å². The number of methoxy groups -OCH3 is 1. The van der Waals surface area contributed by atoms with Crippen molar-refractivity contribution in [3.63, 3.8) is 0 Å². The second-order valence-corrected chi connectivity index (χ2v) is 8.44. The van der Waals surface area contributed by atoms with Crippen LogP contribution in [-0.2, 0) is 28.5 Å². The molecule has 0 aromatic rings. The van der Waals surface area contributed by atoms with E-state index in [-0.39, 0.29) is 30.3 Å². The molecule has 6 nitrogen and oxygen atoms in total. The van der Waals surface area contributed by atoms with Gasteiger partial charge in [0.25, 0.3) is 0 Å². The summed E-state index contributed by atoms with van der Waals surface area (Å²) < 4.78 is 22.8. The van der Waals surface area contributed by atoms with Gasteiger partial charge in [-0.25, -0.2) is 4.79 Å². The molecule has 0 spiro atoms. The molecule has 0 radical (unpaired) electrons. The lowest BCUT2D eigenvalue weighted by Gasteiger charge is -2.30. The summed E-state index contributed by atoms with van der Waals surface area (Å²) in [5.74, 6) is -1.59. The van der Waals surface area contributed by atoms with E-state index in [1.165, 1.54) is 13.2 Å². The Morgan fingerprint density at radius 1 is 1.27 bits per heavy atom. The normalized spacial score (nSPS) is 20.6. The van der Waals surface area contributed by atoms with Gasteiger partial charge in [0.05, 0.1) is 26.7 Å². The van der Waals surface area contributed by atoms with E-state index in [1.54, 1.807) is 6.08 Å². The van der Waals surface area contributed by atoms with Crippen molar-refractivity contribution in [2.24, 2.45) is 11.8 Å². The minimum Gasteiger partial charge on any atom is -0.466 e. The average molecular weight is 480 g/mol. The third kappa shape index (κ3) is 8.64. The number of hydrogen-bond acceptors (Lipinski definition) is 6. The van der Waals surface area contributed by atoms with Crippen molar-refractivity contribution >= 4 is 34.5 Å². The number of ether oxygens (including phenoxy) is 4. The Morgan fingerprint density at radius 2 is 1.88 bits per heavy atom. The first kappa shape index (κ1) is 23.1.